The number of aromatic hydroxyl groups is 1. The number of benzene rings is 2. The predicted molar refractivity (Wildman–Crippen MR) is 124 cm³/mol. The molecule has 0 saturated heterocycles. The summed E-state index contributed by atoms with van der Waals surface area (Å²) in [6.45, 7) is 5.77. The van der Waals surface area contributed by atoms with E-state index in [4.69, 9.17) is 28.9 Å². The third-order valence-corrected chi connectivity index (χ3v) is 4.75. The number of rotatable bonds is 3. The quantitative estimate of drug-likeness (QED) is 0.509. The maximum absolute atomic E-state index is 12.8. The number of hydrogen-bond acceptors (Lipinski definition) is 4. The molecule has 8 heteroatoms. The van der Waals surface area contributed by atoms with Crippen molar-refractivity contribution in [1.29, 1.82) is 0 Å². The number of nitrogens with two attached hydrogens (primary N) is 1. The van der Waals surface area contributed by atoms with E-state index >= 15 is 0 Å². The molecule has 1 amide bonds. The van der Waals surface area contributed by atoms with Crippen LogP contribution in [0, 0.1) is 11.8 Å². The highest BCUT2D eigenvalue weighted by Crippen LogP contribution is 2.37. The number of nitrogens with zero attached hydrogens (tertiary/aromatic N) is 2. The minimum absolute atomic E-state index is 0.108. The standard InChI is InChI=1S/C23H22Cl2N4O2/c1-23(2,3)27-22(31)19-21(30)20(15-7-9-16(24)10-8-15)29(28-19)18-11-6-14(5-4-12-26)13-17(18)25/h6-11,13,30H,12,26H2,1-3H3,(H,27,31). The van der Waals surface area contributed by atoms with Crippen molar-refractivity contribution < 1.29 is 9.90 Å². The molecule has 0 unspecified atom stereocenters. The van der Waals surface area contributed by atoms with E-state index in [2.05, 4.69) is 22.3 Å². The normalized spacial score (nSPS) is 11.0. The molecule has 0 radical (unpaired) electrons. The smallest absolute Gasteiger partial charge is 0.276 e. The van der Waals surface area contributed by atoms with Gasteiger partial charge in [0.1, 0.15) is 5.69 Å². The topological polar surface area (TPSA) is 93.2 Å². The number of nitrogens with one attached hydrogen (secondary N) is 1. The molecular weight excluding hydrogens is 435 g/mol. The molecule has 0 bridgehead atoms. The summed E-state index contributed by atoms with van der Waals surface area (Å²) in [5, 5.41) is 19.1. The van der Waals surface area contributed by atoms with Crippen LogP contribution in [0.15, 0.2) is 42.5 Å². The van der Waals surface area contributed by atoms with Crippen LogP contribution in [-0.2, 0) is 0 Å². The average Bonchev–Trinajstić information content (AvgIpc) is 3.03. The largest absolute Gasteiger partial charge is 0.504 e. The molecule has 0 spiro atoms. The lowest BCUT2D eigenvalue weighted by molar-refractivity contribution is 0.0911. The molecule has 31 heavy (non-hydrogen) atoms. The minimum Gasteiger partial charge on any atom is -0.504 e. The van der Waals surface area contributed by atoms with Gasteiger partial charge < -0.3 is 16.2 Å². The molecule has 4 N–H and O–H groups in total. The van der Waals surface area contributed by atoms with Gasteiger partial charge in [0.05, 0.1) is 17.3 Å². The molecule has 0 atom stereocenters. The Morgan fingerprint density at radius 3 is 2.45 bits per heavy atom. The zero-order valence-electron chi connectivity index (χ0n) is 17.3. The second-order valence-corrected chi connectivity index (χ2v) is 8.68. The first-order valence-electron chi connectivity index (χ1n) is 9.50. The van der Waals surface area contributed by atoms with Crippen LogP contribution in [0.5, 0.6) is 5.75 Å². The Morgan fingerprint density at radius 1 is 1.19 bits per heavy atom. The van der Waals surface area contributed by atoms with Crippen molar-refractivity contribution in [1.82, 2.24) is 15.1 Å². The van der Waals surface area contributed by atoms with E-state index in [-0.39, 0.29) is 18.0 Å². The Bertz CT molecular complexity index is 1180. The SMILES string of the molecule is CC(C)(C)NC(=O)c1nn(-c2ccc(C#CCN)cc2Cl)c(-c2ccc(Cl)cc2)c1O. The van der Waals surface area contributed by atoms with E-state index in [9.17, 15) is 9.90 Å². The van der Waals surface area contributed by atoms with E-state index in [0.717, 1.165) is 0 Å². The lowest BCUT2D eigenvalue weighted by Crippen LogP contribution is -2.40. The maximum atomic E-state index is 12.8. The van der Waals surface area contributed by atoms with Gasteiger partial charge in [0, 0.05) is 21.7 Å². The number of hydrogen-bond donors (Lipinski definition) is 3. The maximum Gasteiger partial charge on any atom is 0.276 e. The Hall–Kier alpha value is -2.98. The van der Waals surface area contributed by atoms with E-state index in [1.54, 1.807) is 42.5 Å². The van der Waals surface area contributed by atoms with Crippen molar-refractivity contribution in [2.45, 2.75) is 26.3 Å². The molecule has 6 nitrogen and oxygen atoms in total. The summed E-state index contributed by atoms with van der Waals surface area (Å²) in [7, 11) is 0. The van der Waals surface area contributed by atoms with Crippen molar-refractivity contribution in [3.05, 3.63) is 63.8 Å². The van der Waals surface area contributed by atoms with Crippen LogP contribution in [0.3, 0.4) is 0 Å². The molecule has 0 aliphatic heterocycles. The molecular formula is C23H22Cl2N4O2. The highest BCUT2D eigenvalue weighted by Gasteiger charge is 2.27. The fraction of sp³-hybridized carbons (Fsp3) is 0.217. The Morgan fingerprint density at radius 2 is 1.87 bits per heavy atom. The summed E-state index contributed by atoms with van der Waals surface area (Å²) in [6, 6.07) is 12.0. The number of amides is 1. The van der Waals surface area contributed by atoms with Crippen molar-refractivity contribution in [2.75, 3.05) is 6.54 Å². The number of halogens is 2. The minimum atomic E-state index is -0.505. The van der Waals surface area contributed by atoms with E-state index < -0.39 is 11.4 Å². The molecule has 3 rings (SSSR count). The van der Waals surface area contributed by atoms with Gasteiger partial charge in [0.25, 0.3) is 5.91 Å². The summed E-state index contributed by atoms with van der Waals surface area (Å²) in [5.41, 5.74) is 6.92. The first-order valence-corrected chi connectivity index (χ1v) is 10.3. The Kier molecular flexibility index (Phi) is 6.61. The van der Waals surface area contributed by atoms with Gasteiger partial charge in [-0.2, -0.15) is 5.10 Å². The van der Waals surface area contributed by atoms with Gasteiger partial charge in [-0.25, -0.2) is 4.68 Å². The second-order valence-electron chi connectivity index (χ2n) is 7.84. The molecule has 160 valence electrons. The van der Waals surface area contributed by atoms with Gasteiger partial charge in [0.2, 0.25) is 0 Å². The second kappa shape index (κ2) is 9.03. The average molecular weight is 457 g/mol. The van der Waals surface area contributed by atoms with Gasteiger partial charge >= 0.3 is 0 Å². The lowest BCUT2D eigenvalue weighted by atomic mass is 10.1. The fourth-order valence-electron chi connectivity index (χ4n) is 2.91. The van der Waals surface area contributed by atoms with Gasteiger partial charge in [-0.05, 0) is 51.1 Å². The number of carbonyl (C=O) groups excluding carboxylic acids is 1. The molecule has 3 aromatic rings. The first kappa shape index (κ1) is 22.7. The molecule has 1 heterocycles. The van der Waals surface area contributed by atoms with Crippen LogP contribution in [0.4, 0.5) is 0 Å². The highest BCUT2D eigenvalue weighted by atomic mass is 35.5. The third kappa shape index (κ3) is 5.20. The summed E-state index contributed by atoms with van der Waals surface area (Å²) in [4.78, 5) is 12.8. The molecule has 0 aliphatic carbocycles. The Balaban J connectivity index is 2.20. The van der Waals surface area contributed by atoms with Crippen LogP contribution in [0.2, 0.25) is 10.0 Å². The number of carbonyl (C=O) groups is 1. The number of aromatic nitrogens is 2. The van der Waals surface area contributed by atoms with Crippen LogP contribution in [-0.4, -0.2) is 32.9 Å². The van der Waals surface area contributed by atoms with Gasteiger partial charge in [-0.15, -0.1) is 0 Å². The van der Waals surface area contributed by atoms with Crippen molar-refractivity contribution in [2.24, 2.45) is 5.73 Å². The van der Waals surface area contributed by atoms with E-state index in [1.807, 2.05) is 20.8 Å². The molecule has 1 aromatic heterocycles. The summed E-state index contributed by atoms with van der Waals surface area (Å²) in [5.74, 6) is 4.94. The zero-order chi connectivity index (χ0) is 22.8. The summed E-state index contributed by atoms with van der Waals surface area (Å²) < 4.78 is 1.44. The predicted octanol–water partition coefficient (Wildman–Crippen LogP) is 4.39. The van der Waals surface area contributed by atoms with Gasteiger partial charge in [0.15, 0.2) is 11.4 Å². The van der Waals surface area contributed by atoms with E-state index in [1.165, 1.54) is 4.68 Å². The fourth-order valence-corrected chi connectivity index (χ4v) is 3.30. The highest BCUT2D eigenvalue weighted by molar-refractivity contribution is 6.32. The lowest BCUT2D eigenvalue weighted by Gasteiger charge is -2.19. The van der Waals surface area contributed by atoms with Gasteiger partial charge in [-0.3, -0.25) is 4.79 Å². The van der Waals surface area contributed by atoms with Crippen molar-refractivity contribution in [3.63, 3.8) is 0 Å². The molecule has 0 fully saturated rings. The molecule has 0 saturated carbocycles. The molecule has 0 aliphatic rings. The van der Waals surface area contributed by atoms with Gasteiger partial charge in [-0.1, -0.05) is 47.2 Å². The molecule has 2 aromatic carbocycles. The van der Waals surface area contributed by atoms with Crippen LogP contribution in [0.25, 0.3) is 16.9 Å². The van der Waals surface area contributed by atoms with Crippen molar-refractivity contribution in [3.8, 4) is 34.5 Å². The first-order chi connectivity index (χ1) is 14.6. The monoisotopic (exact) mass is 456 g/mol. The summed E-state index contributed by atoms with van der Waals surface area (Å²) >= 11 is 12.5. The third-order valence-electron chi connectivity index (χ3n) is 4.19. The zero-order valence-corrected chi connectivity index (χ0v) is 18.8. The van der Waals surface area contributed by atoms with Crippen LogP contribution >= 0.6 is 23.2 Å². The van der Waals surface area contributed by atoms with Crippen LogP contribution < -0.4 is 11.1 Å². The summed E-state index contributed by atoms with van der Waals surface area (Å²) in [6.07, 6.45) is 0. The van der Waals surface area contributed by atoms with Crippen LogP contribution in [0.1, 0.15) is 36.8 Å². The van der Waals surface area contributed by atoms with Crippen molar-refractivity contribution >= 4 is 29.1 Å². The Labute approximate surface area is 191 Å². The van der Waals surface area contributed by atoms with E-state index in [0.29, 0.717) is 32.6 Å².